The van der Waals surface area contributed by atoms with Crippen molar-refractivity contribution < 1.29 is 0 Å². The Morgan fingerprint density at radius 1 is 0.638 bits per heavy atom. The molecule has 0 heterocycles. The van der Waals surface area contributed by atoms with E-state index in [0.717, 1.165) is 23.7 Å². The summed E-state index contributed by atoms with van der Waals surface area (Å²) in [5, 5.41) is 0. The van der Waals surface area contributed by atoms with E-state index in [4.69, 9.17) is 0 Å². The second kappa shape index (κ2) is 8.82. The molecular formula is C46H51N. The maximum atomic E-state index is 2.68. The Kier molecular flexibility index (Phi) is 5.38. The molecule has 0 aromatic heterocycles. The van der Waals surface area contributed by atoms with Crippen LogP contribution in [0, 0.1) is 29.1 Å². The Bertz CT molecular complexity index is 1970. The predicted molar refractivity (Wildman–Crippen MR) is 196 cm³/mol. The van der Waals surface area contributed by atoms with Crippen LogP contribution in [0.5, 0.6) is 0 Å². The minimum absolute atomic E-state index is 0.0898. The van der Waals surface area contributed by atoms with Crippen molar-refractivity contribution in [3.63, 3.8) is 0 Å². The van der Waals surface area contributed by atoms with E-state index in [1.807, 2.05) is 0 Å². The van der Waals surface area contributed by atoms with Gasteiger partial charge in [0.1, 0.15) is 0 Å². The van der Waals surface area contributed by atoms with Gasteiger partial charge in [0.15, 0.2) is 0 Å². The lowest BCUT2D eigenvalue weighted by Gasteiger charge is -2.76. The Hall–Kier alpha value is -3.32. The van der Waals surface area contributed by atoms with E-state index in [0.29, 0.717) is 5.41 Å². The third kappa shape index (κ3) is 3.33. The summed E-state index contributed by atoms with van der Waals surface area (Å²) in [6.07, 6.45) is 8.34. The van der Waals surface area contributed by atoms with E-state index in [1.54, 1.807) is 11.1 Å². The van der Waals surface area contributed by atoms with E-state index in [1.165, 1.54) is 83.4 Å². The van der Waals surface area contributed by atoms with E-state index >= 15 is 0 Å². The Labute approximate surface area is 282 Å². The molecule has 4 saturated carbocycles. The zero-order valence-electron chi connectivity index (χ0n) is 29.6. The lowest BCUT2D eigenvalue weighted by molar-refractivity contribution is -0.231. The van der Waals surface area contributed by atoms with Crippen LogP contribution < -0.4 is 4.90 Å². The first kappa shape index (κ1) is 28.7. The molecule has 0 aliphatic heterocycles. The van der Waals surface area contributed by atoms with Gasteiger partial charge in [-0.1, -0.05) is 109 Å². The van der Waals surface area contributed by atoms with Crippen LogP contribution in [0.4, 0.5) is 17.1 Å². The van der Waals surface area contributed by atoms with Gasteiger partial charge in [0.05, 0.1) is 11.4 Å². The minimum Gasteiger partial charge on any atom is -0.310 e. The van der Waals surface area contributed by atoms with Crippen molar-refractivity contribution in [3.05, 3.63) is 113 Å². The minimum atomic E-state index is 0.0898. The van der Waals surface area contributed by atoms with E-state index in [2.05, 4.69) is 138 Å². The SMILES string of the molecule is CC(C)(C)c1ccc(N(c2cccc3c2-c2ccccc2C32C3CC4CC5CC2C53C4)c2cccc3c2C(C)(C)CCC3(C)C)cc1. The highest BCUT2D eigenvalue weighted by molar-refractivity contribution is 5.96. The van der Waals surface area contributed by atoms with Crippen molar-refractivity contribution in [1.82, 2.24) is 0 Å². The van der Waals surface area contributed by atoms with Crippen molar-refractivity contribution in [3.8, 4) is 11.1 Å². The van der Waals surface area contributed by atoms with Gasteiger partial charge in [0.25, 0.3) is 0 Å². The van der Waals surface area contributed by atoms with Crippen LogP contribution >= 0.6 is 0 Å². The lowest BCUT2D eigenvalue weighted by Crippen LogP contribution is -2.73. The van der Waals surface area contributed by atoms with Crippen LogP contribution in [0.2, 0.25) is 0 Å². The van der Waals surface area contributed by atoms with E-state index < -0.39 is 0 Å². The van der Waals surface area contributed by atoms with Gasteiger partial charge in [0, 0.05) is 16.7 Å². The van der Waals surface area contributed by atoms with Crippen LogP contribution in [-0.4, -0.2) is 0 Å². The molecule has 0 radical (unpaired) electrons. The molecule has 2 bridgehead atoms. The standard InChI is InChI=1S/C46H51N/c1-42(2,3)29-18-20-31(21-19-29)47(37-17-11-15-35-41(37)44(6,7)23-22-43(35,4)5)36-16-10-14-34-40(36)32-12-8-9-13-33(32)46(34)38-25-28-24-30-26-39(46)45(30,38)27-28/h8-21,28,30,38-39H,22-27H2,1-7H3. The van der Waals surface area contributed by atoms with E-state index in [9.17, 15) is 0 Å². The molecule has 4 fully saturated rings. The summed E-state index contributed by atoms with van der Waals surface area (Å²) >= 11 is 0. The second-order valence-electron chi connectivity index (χ2n) is 18.9. The third-order valence-electron chi connectivity index (χ3n) is 14.9. The molecule has 0 amide bonds. The van der Waals surface area contributed by atoms with Gasteiger partial charge in [0.2, 0.25) is 0 Å². The molecule has 2 spiro atoms. The first-order valence-corrected chi connectivity index (χ1v) is 18.7. The summed E-state index contributed by atoms with van der Waals surface area (Å²) in [6, 6.07) is 33.8. The van der Waals surface area contributed by atoms with Gasteiger partial charge < -0.3 is 4.90 Å². The zero-order valence-corrected chi connectivity index (χ0v) is 29.6. The van der Waals surface area contributed by atoms with Crippen LogP contribution in [0.1, 0.15) is 115 Å². The van der Waals surface area contributed by atoms with Gasteiger partial charge in [-0.3, -0.25) is 0 Å². The van der Waals surface area contributed by atoms with Crippen LogP contribution in [0.15, 0.2) is 84.9 Å². The van der Waals surface area contributed by atoms with E-state index in [-0.39, 0.29) is 21.7 Å². The Morgan fingerprint density at radius 3 is 2.04 bits per heavy atom. The normalized spacial score (nSPS) is 32.6. The topological polar surface area (TPSA) is 3.24 Å². The average Bonchev–Trinajstić information content (AvgIpc) is 3.67. The number of hydrogen-bond donors (Lipinski definition) is 0. The molecule has 1 heteroatoms. The van der Waals surface area contributed by atoms with Crippen molar-refractivity contribution >= 4 is 17.1 Å². The highest BCUT2D eigenvalue weighted by Crippen LogP contribution is 2.89. The quantitative estimate of drug-likeness (QED) is 0.221. The summed E-state index contributed by atoms with van der Waals surface area (Å²) in [4.78, 5) is 2.68. The van der Waals surface area contributed by atoms with Crippen molar-refractivity contribution in [2.24, 2.45) is 29.1 Å². The Morgan fingerprint density at radius 2 is 1.30 bits per heavy atom. The molecule has 6 atom stereocenters. The number of benzene rings is 4. The zero-order chi connectivity index (χ0) is 32.3. The number of fused-ring (bicyclic) bond motifs is 9. The number of nitrogens with zero attached hydrogens (tertiary/aromatic N) is 1. The average molecular weight is 618 g/mol. The monoisotopic (exact) mass is 617 g/mol. The first-order valence-electron chi connectivity index (χ1n) is 18.7. The number of hydrogen-bond acceptors (Lipinski definition) is 1. The summed E-state index contributed by atoms with van der Waals surface area (Å²) in [6.45, 7) is 16.9. The van der Waals surface area contributed by atoms with Crippen molar-refractivity contribution in [2.45, 2.75) is 109 Å². The fraction of sp³-hybridized carbons (Fsp3) is 0.478. The molecule has 6 unspecified atom stereocenters. The third-order valence-corrected chi connectivity index (χ3v) is 14.9. The van der Waals surface area contributed by atoms with Crippen molar-refractivity contribution in [2.75, 3.05) is 4.90 Å². The molecule has 0 saturated heterocycles. The van der Waals surface area contributed by atoms with Gasteiger partial charge in [-0.25, -0.2) is 0 Å². The highest BCUT2D eigenvalue weighted by Gasteiger charge is 2.84. The maximum Gasteiger partial charge on any atom is 0.0543 e. The molecule has 240 valence electrons. The molecule has 0 N–H and O–H groups in total. The number of anilines is 3. The summed E-state index contributed by atoms with van der Waals surface area (Å²) in [5.41, 5.74) is 15.9. The van der Waals surface area contributed by atoms with Gasteiger partial charge in [-0.15, -0.1) is 0 Å². The van der Waals surface area contributed by atoms with Crippen LogP contribution in [-0.2, 0) is 21.7 Å². The van der Waals surface area contributed by atoms with Crippen LogP contribution in [0.3, 0.4) is 0 Å². The molecule has 6 aliphatic rings. The molecular weight excluding hydrogens is 567 g/mol. The van der Waals surface area contributed by atoms with Crippen LogP contribution in [0.25, 0.3) is 11.1 Å². The molecule has 47 heavy (non-hydrogen) atoms. The number of rotatable bonds is 3. The summed E-state index contributed by atoms with van der Waals surface area (Å²) in [7, 11) is 0. The molecule has 4 aromatic rings. The van der Waals surface area contributed by atoms with Gasteiger partial charge in [-0.2, -0.15) is 0 Å². The predicted octanol–water partition coefficient (Wildman–Crippen LogP) is 12.1. The fourth-order valence-electron chi connectivity index (χ4n) is 12.9. The largest absolute Gasteiger partial charge is 0.310 e. The maximum absolute atomic E-state index is 2.68. The fourth-order valence-corrected chi connectivity index (χ4v) is 12.9. The Balaban J connectivity index is 1.24. The second-order valence-corrected chi connectivity index (χ2v) is 18.9. The lowest BCUT2D eigenvalue weighted by atomic mass is 9.27. The van der Waals surface area contributed by atoms with Crippen molar-refractivity contribution in [1.29, 1.82) is 0 Å². The summed E-state index contributed by atoms with van der Waals surface area (Å²) < 4.78 is 0. The summed E-state index contributed by atoms with van der Waals surface area (Å²) in [5.74, 6) is 3.60. The molecule has 4 aromatic carbocycles. The molecule has 1 nitrogen and oxygen atoms in total. The van der Waals surface area contributed by atoms with Gasteiger partial charge >= 0.3 is 0 Å². The molecule has 6 aliphatic carbocycles. The highest BCUT2D eigenvalue weighted by atomic mass is 15.2. The molecule has 10 rings (SSSR count). The smallest absolute Gasteiger partial charge is 0.0543 e. The first-order chi connectivity index (χ1) is 22.4. The van der Waals surface area contributed by atoms with Gasteiger partial charge in [-0.05, 0) is 142 Å².